The smallest absolute Gasteiger partial charge is 0.121 e. The number of unbranched alkanes of at least 4 members (excludes halogenated alkanes) is 4. The molecule has 20 heavy (non-hydrogen) atoms. The lowest BCUT2D eigenvalue weighted by molar-refractivity contribution is 0.174. The number of hydrogen-bond acceptors (Lipinski definition) is 4. The van der Waals surface area contributed by atoms with Gasteiger partial charge in [-0.2, -0.15) is 0 Å². The summed E-state index contributed by atoms with van der Waals surface area (Å²) in [5.41, 5.74) is 1.16. The number of aliphatic hydroxyl groups excluding tert-OH is 2. The first kappa shape index (κ1) is 17.0. The second kappa shape index (κ2) is 9.75. The summed E-state index contributed by atoms with van der Waals surface area (Å²) in [5, 5.41) is 31.8. The maximum Gasteiger partial charge on any atom is 0.121 e. The van der Waals surface area contributed by atoms with Crippen molar-refractivity contribution < 1.29 is 15.3 Å². The van der Waals surface area contributed by atoms with Gasteiger partial charge in [0.15, 0.2) is 0 Å². The van der Waals surface area contributed by atoms with E-state index in [-0.39, 0.29) is 12.4 Å². The van der Waals surface area contributed by atoms with Crippen LogP contribution in [0.15, 0.2) is 18.2 Å². The van der Waals surface area contributed by atoms with E-state index < -0.39 is 6.10 Å². The average molecular weight is 281 g/mol. The van der Waals surface area contributed by atoms with E-state index in [1.807, 2.05) is 0 Å². The van der Waals surface area contributed by atoms with E-state index in [2.05, 4.69) is 12.2 Å². The molecule has 1 aromatic rings. The quantitative estimate of drug-likeness (QED) is 0.497. The van der Waals surface area contributed by atoms with E-state index in [4.69, 9.17) is 5.11 Å². The fraction of sp³-hybridized carbons (Fsp3) is 0.625. The Morgan fingerprint density at radius 3 is 2.60 bits per heavy atom. The molecule has 0 amide bonds. The highest BCUT2D eigenvalue weighted by Crippen LogP contribution is 2.22. The molecule has 0 spiro atoms. The van der Waals surface area contributed by atoms with Crippen molar-refractivity contribution in [2.24, 2.45) is 0 Å². The molecule has 0 radical (unpaired) electrons. The first-order valence-electron chi connectivity index (χ1n) is 7.50. The largest absolute Gasteiger partial charge is 0.508 e. The summed E-state index contributed by atoms with van der Waals surface area (Å²) in [5.74, 6) is 0.0623. The minimum Gasteiger partial charge on any atom is -0.508 e. The van der Waals surface area contributed by atoms with E-state index in [1.165, 1.54) is 31.7 Å². The zero-order chi connectivity index (χ0) is 14.8. The van der Waals surface area contributed by atoms with Gasteiger partial charge in [-0.25, -0.2) is 0 Å². The monoisotopic (exact) mass is 281 g/mol. The Balaban J connectivity index is 2.27. The van der Waals surface area contributed by atoms with E-state index in [9.17, 15) is 10.2 Å². The van der Waals surface area contributed by atoms with Crippen LogP contribution in [0.2, 0.25) is 0 Å². The molecule has 4 N–H and O–H groups in total. The van der Waals surface area contributed by atoms with Gasteiger partial charge in [-0.05, 0) is 30.7 Å². The fourth-order valence-corrected chi connectivity index (χ4v) is 2.15. The van der Waals surface area contributed by atoms with Gasteiger partial charge < -0.3 is 20.6 Å². The van der Waals surface area contributed by atoms with Crippen LogP contribution in [-0.4, -0.2) is 28.4 Å². The maximum atomic E-state index is 10.0. The Kier molecular flexibility index (Phi) is 8.26. The van der Waals surface area contributed by atoms with Crippen molar-refractivity contribution in [1.82, 2.24) is 5.32 Å². The third-order valence-electron chi connectivity index (χ3n) is 3.45. The van der Waals surface area contributed by atoms with Gasteiger partial charge >= 0.3 is 0 Å². The third-order valence-corrected chi connectivity index (χ3v) is 3.45. The number of aliphatic hydroxyl groups is 2. The lowest BCUT2D eigenvalue weighted by Crippen LogP contribution is -2.22. The van der Waals surface area contributed by atoms with Gasteiger partial charge in [0.25, 0.3) is 0 Å². The molecule has 0 bridgehead atoms. The van der Waals surface area contributed by atoms with Crippen LogP contribution in [0.4, 0.5) is 0 Å². The molecule has 0 unspecified atom stereocenters. The second-order valence-corrected chi connectivity index (χ2v) is 5.18. The summed E-state index contributed by atoms with van der Waals surface area (Å²) in [6, 6.07) is 4.83. The lowest BCUT2D eigenvalue weighted by Gasteiger charge is -2.13. The predicted molar refractivity (Wildman–Crippen MR) is 80.6 cm³/mol. The normalized spacial score (nSPS) is 12.6. The molecule has 4 nitrogen and oxygen atoms in total. The Hall–Kier alpha value is -1.10. The lowest BCUT2D eigenvalue weighted by atomic mass is 10.1. The molecule has 0 saturated heterocycles. The van der Waals surface area contributed by atoms with Crippen LogP contribution in [-0.2, 0) is 6.61 Å². The number of rotatable bonds is 10. The molecule has 0 saturated carbocycles. The highest BCUT2D eigenvalue weighted by Gasteiger charge is 2.09. The fourth-order valence-electron chi connectivity index (χ4n) is 2.15. The molecule has 0 aromatic heterocycles. The molecule has 1 aromatic carbocycles. The van der Waals surface area contributed by atoms with Crippen LogP contribution in [0.3, 0.4) is 0 Å². The van der Waals surface area contributed by atoms with Crippen LogP contribution in [0, 0.1) is 0 Å². The molecule has 114 valence electrons. The Labute approximate surface area is 121 Å². The van der Waals surface area contributed by atoms with Crippen molar-refractivity contribution in [2.75, 3.05) is 13.1 Å². The SMILES string of the molecule is CCCCCCCNC[C@H](O)c1ccc(O)c(CO)c1. The predicted octanol–water partition coefficient (Wildman–Crippen LogP) is 2.48. The summed E-state index contributed by atoms with van der Waals surface area (Å²) >= 11 is 0. The highest BCUT2D eigenvalue weighted by atomic mass is 16.3. The van der Waals surface area contributed by atoms with E-state index in [0.717, 1.165) is 13.0 Å². The number of aromatic hydroxyl groups is 1. The van der Waals surface area contributed by atoms with Crippen molar-refractivity contribution in [3.63, 3.8) is 0 Å². The molecule has 0 aliphatic rings. The van der Waals surface area contributed by atoms with Gasteiger partial charge in [-0.3, -0.25) is 0 Å². The molecule has 0 aliphatic heterocycles. The van der Waals surface area contributed by atoms with Crippen molar-refractivity contribution in [2.45, 2.75) is 51.7 Å². The number of benzene rings is 1. The third kappa shape index (κ3) is 5.90. The van der Waals surface area contributed by atoms with Crippen LogP contribution >= 0.6 is 0 Å². The standard InChI is InChI=1S/C16H27NO3/c1-2-3-4-5-6-9-17-11-16(20)13-7-8-15(19)14(10-13)12-18/h7-8,10,16-20H,2-6,9,11-12H2,1H3/t16-/m0/s1. The van der Waals surface area contributed by atoms with Crippen molar-refractivity contribution in [1.29, 1.82) is 0 Å². The zero-order valence-corrected chi connectivity index (χ0v) is 12.3. The van der Waals surface area contributed by atoms with Gasteiger partial charge in [0.2, 0.25) is 0 Å². The van der Waals surface area contributed by atoms with Crippen LogP contribution in [0.25, 0.3) is 0 Å². The molecule has 0 heterocycles. The first-order chi connectivity index (χ1) is 9.69. The molecule has 4 heteroatoms. The Bertz CT molecular complexity index is 382. The van der Waals surface area contributed by atoms with Crippen molar-refractivity contribution in [3.05, 3.63) is 29.3 Å². The maximum absolute atomic E-state index is 10.0. The van der Waals surface area contributed by atoms with Gasteiger partial charge in [0.05, 0.1) is 12.7 Å². The number of phenols is 1. The molecular weight excluding hydrogens is 254 g/mol. The van der Waals surface area contributed by atoms with E-state index in [1.54, 1.807) is 12.1 Å². The number of hydrogen-bond donors (Lipinski definition) is 4. The summed E-state index contributed by atoms with van der Waals surface area (Å²) in [4.78, 5) is 0. The summed E-state index contributed by atoms with van der Waals surface area (Å²) in [6.45, 7) is 3.37. The molecule has 1 rings (SSSR count). The van der Waals surface area contributed by atoms with E-state index in [0.29, 0.717) is 17.7 Å². The highest BCUT2D eigenvalue weighted by molar-refractivity contribution is 5.36. The minimum atomic E-state index is -0.614. The number of nitrogens with one attached hydrogen (secondary N) is 1. The van der Waals surface area contributed by atoms with Gasteiger partial charge in [0, 0.05) is 12.1 Å². The van der Waals surface area contributed by atoms with Crippen LogP contribution < -0.4 is 5.32 Å². The van der Waals surface area contributed by atoms with Gasteiger partial charge in [0.1, 0.15) is 5.75 Å². The van der Waals surface area contributed by atoms with Gasteiger partial charge in [-0.1, -0.05) is 38.7 Å². The average Bonchev–Trinajstić information content (AvgIpc) is 2.46. The van der Waals surface area contributed by atoms with Crippen molar-refractivity contribution in [3.8, 4) is 5.75 Å². The van der Waals surface area contributed by atoms with Crippen molar-refractivity contribution >= 4 is 0 Å². The van der Waals surface area contributed by atoms with Crippen LogP contribution in [0.5, 0.6) is 5.75 Å². The summed E-state index contributed by atoms with van der Waals surface area (Å²) < 4.78 is 0. The topological polar surface area (TPSA) is 72.7 Å². The molecule has 0 aliphatic carbocycles. The molecule has 1 atom stereocenters. The molecular formula is C16H27NO3. The Morgan fingerprint density at radius 2 is 1.90 bits per heavy atom. The van der Waals surface area contributed by atoms with Crippen LogP contribution in [0.1, 0.15) is 56.3 Å². The Morgan fingerprint density at radius 1 is 1.15 bits per heavy atom. The molecule has 0 fully saturated rings. The zero-order valence-electron chi connectivity index (χ0n) is 12.3. The van der Waals surface area contributed by atoms with Gasteiger partial charge in [-0.15, -0.1) is 0 Å². The minimum absolute atomic E-state index is 0.0623. The summed E-state index contributed by atoms with van der Waals surface area (Å²) in [6.07, 6.45) is 5.56. The first-order valence-corrected chi connectivity index (χ1v) is 7.50. The second-order valence-electron chi connectivity index (χ2n) is 5.18. The van der Waals surface area contributed by atoms with E-state index >= 15 is 0 Å². The summed E-state index contributed by atoms with van der Waals surface area (Å²) in [7, 11) is 0.